The lowest BCUT2D eigenvalue weighted by atomic mass is 10.1. The van der Waals surface area contributed by atoms with Gasteiger partial charge in [0.2, 0.25) is 0 Å². The summed E-state index contributed by atoms with van der Waals surface area (Å²) in [6.07, 6.45) is 1.43. The molecular weight excluding hydrogens is 322 g/mol. The minimum absolute atomic E-state index is 0.215. The van der Waals surface area contributed by atoms with Gasteiger partial charge in [0.1, 0.15) is 10.7 Å². The van der Waals surface area contributed by atoms with Gasteiger partial charge in [-0.3, -0.25) is 14.9 Å². The van der Waals surface area contributed by atoms with Crippen molar-refractivity contribution in [2.24, 2.45) is 5.10 Å². The van der Waals surface area contributed by atoms with E-state index in [0.29, 0.717) is 22.0 Å². The van der Waals surface area contributed by atoms with Crippen molar-refractivity contribution < 1.29 is 14.1 Å². The van der Waals surface area contributed by atoms with E-state index in [0.717, 1.165) is 0 Å². The maximum atomic E-state index is 12.5. The van der Waals surface area contributed by atoms with Gasteiger partial charge in [-0.25, -0.2) is 0 Å². The van der Waals surface area contributed by atoms with Crippen LogP contribution in [0.15, 0.2) is 51.5 Å². The molecule has 116 valence electrons. The zero-order valence-electron chi connectivity index (χ0n) is 11.9. The summed E-state index contributed by atoms with van der Waals surface area (Å²) >= 11 is 5.83. The quantitative estimate of drug-likeness (QED) is 0.488. The van der Waals surface area contributed by atoms with Crippen molar-refractivity contribution in [1.29, 1.82) is 0 Å². The molecule has 3 rings (SSSR count). The summed E-state index contributed by atoms with van der Waals surface area (Å²) in [7, 11) is 0. The van der Waals surface area contributed by atoms with Crippen molar-refractivity contribution in [1.82, 2.24) is 0 Å². The van der Waals surface area contributed by atoms with Gasteiger partial charge in [-0.05, 0) is 43.3 Å². The molecule has 0 saturated heterocycles. The van der Waals surface area contributed by atoms with Gasteiger partial charge in [-0.2, -0.15) is 10.1 Å². The zero-order valence-corrected chi connectivity index (χ0v) is 12.6. The Balaban J connectivity index is 1.91. The van der Waals surface area contributed by atoms with Gasteiger partial charge in [0.15, 0.2) is 0 Å². The average molecular weight is 332 g/mol. The second-order valence-electron chi connectivity index (χ2n) is 4.77. The van der Waals surface area contributed by atoms with E-state index in [2.05, 4.69) is 5.10 Å². The number of anilines is 1. The van der Waals surface area contributed by atoms with Crippen LogP contribution in [0.2, 0.25) is 5.02 Å². The van der Waals surface area contributed by atoms with Crippen molar-refractivity contribution in [3.63, 3.8) is 0 Å². The highest BCUT2D eigenvalue weighted by Gasteiger charge is 2.29. The Bertz CT molecular complexity index is 852. The number of nitro groups is 1. The lowest BCUT2D eigenvalue weighted by molar-refractivity contribution is -0.402. The highest BCUT2D eigenvalue weighted by atomic mass is 35.5. The molecule has 7 nitrogen and oxygen atoms in total. The predicted octanol–water partition coefficient (Wildman–Crippen LogP) is 3.65. The number of nitrogens with zero attached hydrogens (tertiary/aromatic N) is 3. The minimum atomic E-state index is -0.639. The van der Waals surface area contributed by atoms with Crippen LogP contribution in [0, 0.1) is 10.1 Å². The standard InChI is InChI=1S/C15H10ClN3O4/c1-9-13(8-12-6-7-14(23-12)19(21)22)15(20)18(17-9)11-4-2-10(16)3-5-11/h2-8H,1H3/b13-8-. The average Bonchev–Trinajstić information content (AvgIpc) is 3.09. The second kappa shape index (κ2) is 5.69. The highest BCUT2D eigenvalue weighted by Crippen LogP contribution is 2.27. The van der Waals surface area contributed by atoms with Gasteiger partial charge in [0.05, 0.1) is 23.0 Å². The first-order chi connectivity index (χ1) is 11.0. The Kier molecular flexibility index (Phi) is 3.71. The Morgan fingerprint density at radius 1 is 1.26 bits per heavy atom. The fourth-order valence-corrected chi connectivity index (χ4v) is 2.23. The molecule has 2 heterocycles. The van der Waals surface area contributed by atoms with Crippen LogP contribution in [-0.2, 0) is 4.79 Å². The zero-order chi connectivity index (χ0) is 16.6. The summed E-state index contributed by atoms with van der Waals surface area (Å²) in [4.78, 5) is 22.5. The molecule has 0 N–H and O–H groups in total. The molecule has 23 heavy (non-hydrogen) atoms. The summed E-state index contributed by atoms with van der Waals surface area (Å²) in [5, 5.41) is 16.6. The third-order valence-corrected chi connectivity index (χ3v) is 3.46. The Labute approximate surface area is 135 Å². The molecule has 1 aliphatic heterocycles. The predicted molar refractivity (Wildman–Crippen MR) is 85.4 cm³/mol. The molecule has 2 aromatic rings. The number of rotatable bonds is 3. The maximum Gasteiger partial charge on any atom is 0.433 e. The molecule has 0 fully saturated rings. The number of furan rings is 1. The first kappa shape index (κ1) is 15.0. The van der Waals surface area contributed by atoms with Crippen LogP contribution >= 0.6 is 11.6 Å². The number of halogens is 1. The molecule has 0 atom stereocenters. The second-order valence-corrected chi connectivity index (χ2v) is 5.21. The third-order valence-electron chi connectivity index (χ3n) is 3.21. The molecule has 0 aliphatic carbocycles. The van der Waals surface area contributed by atoms with E-state index >= 15 is 0 Å². The van der Waals surface area contributed by atoms with Crippen molar-refractivity contribution in [2.45, 2.75) is 6.92 Å². The number of hydrogen-bond donors (Lipinski definition) is 0. The summed E-state index contributed by atoms with van der Waals surface area (Å²) in [6, 6.07) is 9.33. The van der Waals surface area contributed by atoms with Crippen LogP contribution in [0.3, 0.4) is 0 Å². The third kappa shape index (κ3) is 2.86. The molecule has 1 amide bonds. The van der Waals surface area contributed by atoms with Crippen LogP contribution in [0.25, 0.3) is 6.08 Å². The fourth-order valence-electron chi connectivity index (χ4n) is 2.10. The van der Waals surface area contributed by atoms with E-state index in [1.165, 1.54) is 23.2 Å². The van der Waals surface area contributed by atoms with Gasteiger partial charge in [0, 0.05) is 5.02 Å². The SMILES string of the molecule is CC1=NN(c2ccc(Cl)cc2)C(=O)/C1=C\c1ccc([N+](=O)[O-])o1. The molecule has 1 aromatic heterocycles. The first-order valence-electron chi connectivity index (χ1n) is 6.57. The molecule has 0 unspecified atom stereocenters. The number of amides is 1. The monoisotopic (exact) mass is 331 g/mol. The summed E-state index contributed by atoms with van der Waals surface area (Å²) in [6.45, 7) is 1.68. The lowest BCUT2D eigenvalue weighted by Gasteiger charge is -2.11. The van der Waals surface area contributed by atoms with Gasteiger partial charge in [-0.15, -0.1) is 0 Å². The van der Waals surface area contributed by atoms with E-state index in [-0.39, 0.29) is 17.6 Å². The largest absolute Gasteiger partial charge is 0.433 e. The smallest absolute Gasteiger partial charge is 0.401 e. The van der Waals surface area contributed by atoms with Gasteiger partial charge in [-0.1, -0.05) is 11.6 Å². The minimum Gasteiger partial charge on any atom is -0.401 e. The lowest BCUT2D eigenvalue weighted by Crippen LogP contribution is -2.21. The Morgan fingerprint density at radius 2 is 1.96 bits per heavy atom. The summed E-state index contributed by atoms with van der Waals surface area (Å²) in [5.41, 5.74) is 1.38. The number of hydrazone groups is 1. The maximum absolute atomic E-state index is 12.5. The van der Waals surface area contributed by atoms with E-state index in [1.807, 2.05) is 0 Å². The fraction of sp³-hybridized carbons (Fsp3) is 0.0667. The van der Waals surface area contributed by atoms with Crippen LogP contribution in [0.5, 0.6) is 0 Å². The van der Waals surface area contributed by atoms with E-state index in [9.17, 15) is 14.9 Å². The molecule has 8 heteroatoms. The van der Waals surface area contributed by atoms with Gasteiger partial charge < -0.3 is 4.42 Å². The number of carbonyl (C=O) groups excluding carboxylic acids is 1. The van der Waals surface area contributed by atoms with Crippen molar-refractivity contribution in [2.75, 3.05) is 5.01 Å². The van der Waals surface area contributed by atoms with Crippen LogP contribution in [0.4, 0.5) is 11.6 Å². The van der Waals surface area contributed by atoms with E-state index in [1.54, 1.807) is 31.2 Å². The topological polar surface area (TPSA) is 89.0 Å². The number of benzene rings is 1. The summed E-state index contributed by atoms with van der Waals surface area (Å²) in [5.74, 6) is -0.511. The van der Waals surface area contributed by atoms with Crippen LogP contribution in [0.1, 0.15) is 12.7 Å². The molecular formula is C15H10ClN3O4. The van der Waals surface area contributed by atoms with E-state index < -0.39 is 4.92 Å². The van der Waals surface area contributed by atoms with Crippen LogP contribution in [-0.4, -0.2) is 16.5 Å². The normalized spacial score (nSPS) is 16.1. The first-order valence-corrected chi connectivity index (χ1v) is 6.95. The highest BCUT2D eigenvalue weighted by molar-refractivity contribution is 6.32. The number of carbonyl (C=O) groups is 1. The molecule has 0 spiro atoms. The van der Waals surface area contributed by atoms with Crippen molar-refractivity contribution in [3.8, 4) is 0 Å². The summed E-state index contributed by atoms with van der Waals surface area (Å²) < 4.78 is 5.04. The molecule has 0 radical (unpaired) electrons. The molecule has 1 aromatic carbocycles. The van der Waals surface area contributed by atoms with Crippen molar-refractivity contribution >= 4 is 40.9 Å². The molecule has 0 saturated carbocycles. The Hall–Kier alpha value is -2.93. The van der Waals surface area contributed by atoms with E-state index in [4.69, 9.17) is 16.0 Å². The Morgan fingerprint density at radius 3 is 2.57 bits per heavy atom. The van der Waals surface area contributed by atoms with Crippen LogP contribution < -0.4 is 5.01 Å². The molecule has 1 aliphatic rings. The number of hydrogen-bond acceptors (Lipinski definition) is 5. The van der Waals surface area contributed by atoms with Crippen molar-refractivity contribution in [3.05, 3.63) is 62.9 Å². The molecule has 0 bridgehead atoms. The van der Waals surface area contributed by atoms with Gasteiger partial charge in [0.25, 0.3) is 5.91 Å². The van der Waals surface area contributed by atoms with Gasteiger partial charge >= 0.3 is 5.88 Å².